The Morgan fingerprint density at radius 1 is 1.57 bits per heavy atom. The third kappa shape index (κ3) is 4.12. The third-order valence-corrected chi connectivity index (χ3v) is 4.07. The number of rotatable bonds is 3. The van der Waals surface area contributed by atoms with E-state index in [9.17, 15) is 9.46 Å². The summed E-state index contributed by atoms with van der Waals surface area (Å²) in [5, 5.41) is 0. The van der Waals surface area contributed by atoms with Crippen LogP contribution in [0.2, 0.25) is 0 Å². The van der Waals surface area contributed by atoms with Gasteiger partial charge in [-0.25, -0.2) is 0 Å². The highest BCUT2D eigenvalue weighted by molar-refractivity contribution is 7.57. The van der Waals surface area contributed by atoms with Gasteiger partial charge in [-0.05, 0) is 39.2 Å². The molecule has 3 nitrogen and oxygen atoms in total. The summed E-state index contributed by atoms with van der Waals surface area (Å²) < 4.78 is 11.3. The lowest BCUT2D eigenvalue weighted by atomic mass is 9.99. The lowest BCUT2D eigenvalue weighted by molar-refractivity contribution is 0.147. The van der Waals surface area contributed by atoms with Crippen molar-refractivity contribution >= 4 is 7.37 Å². The Labute approximate surface area is 86.9 Å². The highest BCUT2D eigenvalue weighted by atomic mass is 31.2. The van der Waals surface area contributed by atoms with Gasteiger partial charge in [0.25, 0.3) is 0 Å². The number of likely N-dealkylation sites (tertiary alicyclic amines) is 1. The molecule has 0 aliphatic carbocycles. The van der Waals surface area contributed by atoms with E-state index in [1.165, 1.54) is 13.1 Å². The van der Waals surface area contributed by atoms with Crippen molar-refractivity contribution in [1.29, 1.82) is 0 Å². The van der Waals surface area contributed by atoms with Gasteiger partial charge >= 0.3 is 0 Å². The zero-order chi connectivity index (χ0) is 10.8. The van der Waals surface area contributed by atoms with E-state index in [-0.39, 0.29) is 0 Å². The van der Waals surface area contributed by atoms with E-state index < -0.39 is 7.37 Å². The zero-order valence-electron chi connectivity index (χ0n) is 9.44. The van der Waals surface area contributed by atoms with Crippen LogP contribution in [-0.2, 0) is 4.57 Å². The topological polar surface area (TPSA) is 40.5 Å². The van der Waals surface area contributed by atoms with Crippen molar-refractivity contribution in [2.45, 2.75) is 32.7 Å². The molecule has 1 aliphatic rings. The normalized spacial score (nSPS) is 29.1. The quantitative estimate of drug-likeness (QED) is 0.738. The Kier molecular flexibility index (Phi) is 4.17. The maximum absolute atomic E-state index is 11.3. The molecule has 1 aliphatic heterocycles. The molecule has 1 heterocycles. The second-order valence-corrected chi connectivity index (χ2v) is 7.30. The fourth-order valence-electron chi connectivity index (χ4n) is 2.19. The summed E-state index contributed by atoms with van der Waals surface area (Å²) in [5.74, 6) is 0.423. The van der Waals surface area contributed by atoms with Crippen molar-refractivity contribution < 1.29 is 9.46 Å². The highest BCUT2D eigenvalue weighted by Crippen LogP contribution is 2.39. The molecule has 0 bridgehead atoms. The SMILES string of the molecule is CC(C)N1CCCC(CP(C)(=O)O)C1. The van der Waals surface area contributed by atoms with Gasteiger partial charge in [0.2, 0.25) is 0 Å². The van der Waals surface area contributed by atoms with Crippen molar-refractivity contribution in [3.63, 3.8) is 0 Å². The van der Waals surface area contributed by atoms with Crippen LogP contribution in [-0.4, -0.2) is 41.8 Å². The molecule has 0 spiro atoms. The van der Waals surface area contributed by atoms with Crippen molar-refractivity contribution in [2.24, 2.45) is 5.92 Å². The van der Waals surface area contributed by atoms with E-state index in [1.54, 1.807) is 0 Å². The number of hydrogen-bond donors (Lipinski definition) is 1. The average Bonchev–Trinajstić information content (AvgIpc) is 2.01. The van der Waals surface area contributed by atoms with Crippen molar-refractivity contribution in [1.82, 2.24) is 4.90 Å². The van der Waals surface area contributed by atoms with Crippen LogP contribution in [0.25, 0.3) is 0 Å². The lowest BCUT2D eigenvalue weighted by Crippen LogP contribution is -2.40. The first kappa shape index (κ1) is 12.2. The van der Waals surface area contributed by atoms with Gasteiger partial charge in [-0.2, -0.15) is 0 Å². The monoisotopic (exact) mass is 219 g/mol. The van der Waals surface area contributed by atoms with Crippen LogP contribution in [0.1, 0.15) is 26.7 Å². The Morgan fingerprint density at radius 3 is 2.71 bits per heavy atom. The molecule has 0 radical (unpaired) electrons. The Morgan fingerprint density at radius 2 is 2.21 bits per heavy atom. The lowest BCUT2D eigenvalue weighted by Gasteiger charge is -2.35. The van der Waals surface area contributed by atoms with Crippen LogP contribution in [0, 0.1) is 5.92 Å². The maximum atomic E-state index is 11.3. The van der Waals surface area contributed by atoms with Crippen LogP contribution in [0.15, 0.2) is 0 Å². The second kappa shape index (κ2) is 4.78. The highest BCUT2D eigenvalue weighted by Gasteiger charge is 2.25. The number of nitrogens with zero attached hydrogens (tertiary/aromatic N) is 1. The average molecular weight is 219 g/mol. The van der Waals surface area contributed by atoms with Gasteiger partial charge in [-0.15, -0.1) is 0 Å². The summed E-state index contributed by atoms with van der Waals surface area (Å²) in [4.78, 5) is 11.7. The van der Waals surface area contributed by atoms with Crippen LogP contribution in [0.4, 0.5) is 0 Å². The molecule has 1 fully saturated rings. The van der Waals surface area contributed by atoms with Crippen LogP contribution in [0.5, 0.6) is 0 Å². The molecule has 1 saturated heterocycles. The van der Waals surface area contributed by atoms with Crippen LogP contribution >= 0.6 is 7.37 Å². The first-order valence-corrected chi connectivity index (χ1v) is 7.71. The summed E-state index contributed by atoms with van der Waals surface area (Å²) >= 11 is 0. The molecule has 0 saturated carbocycles. The smallest absolute Gasteiger partial charge is 0.197 e. The molecule has 14 heavy (non-hydrogen) atoms. The van der Waals surface area contributed by atoms with Gasteiger partial charge in [0.1, 0.15) is 0 Å². The van der Waals surface area contributed by atoms with E-state index in [0.29, 0.717) is 18.1 Å². The standard InChI is InChI=1S/C10H22NO2P/c1-9(2)11-6-4-5-10(7-11)8-14(3,12)13/h9-10H,4-8H2,1-3H3,(H,12,13). The van der Waals surface area contributed by atoms with Gasteiger partial charge in [0.15, 0.2) is 7.37 Å². The van der Waals surface area contributed by atoms with Crippen molar-refractivity contribution in [2.75, 3.05) is 25.9 Å². The minimum atomic E-state index is -2.82. The van der Waals surface area contributed by atoms with Crippen LogP contribution in [0.3, 0.4) is 0 Å². The largest absolute Gasteiger partial charge is 0.344 e. The van der Waals surface area contributed by atoms with E-state index in [2.05, 4.69) is 18.7 Å². The third-order valence-electron chi connectivity index (χ3n) is 2.88. The first-order valence-electron chi connectivity index (χ1n) is 5.42. The summed E-state index contributed by atoms with van der Waals surface area (Å²) in [5.41, 5.74) is 0. The summed E-state index contributed by atoms with van der Waals surface area (Å²) in [6, 6.07) is 0.563. The Hall–Kier alpha value is 0.150. The van der Waals surface area contributed by atoms with E-state index in [1.807, 2.05) is 0 Å². The van der Waals surface area contributed by atoms with E-state index in [0.717, 1.165) is 19.5 Å². The van der Waals surface area contributed by atoms with Gasteiger partial charge in [0, 0.05) is 25.4 Å². The van der Waals surface area contributed by atoms with Gasteiger partial charge in [-0.1, -0.05) is 0 Å². The number of hydrogen-bond acceptors (Lipinski definition) is 2. The molecule has 2 atom stereocenters. The Bertz CT molecular complexity index is 224. The predicted molar refractivity (Wildman–Crippen MR) is 60.0 cm³/mol. The predicted octanol–water partition coefficient (Wildman–Crippen LogP) is 2.01. The summed E-state index contributed by atoms with van der Waals surface area (Å²) in [6.07, 6.45) is 2.78. The fourth-order valence-corrected chi connectivity index (χ4v) is 3.45. The first-order chi connectivity index (χ1) is 6.38. The molecule has 2 unspecified atom stereocenters. The fraction of sp³-hybridized carbons (Fsp3) is 1.00. The molecule has 0 amide bonds. The van der Waals surface area contributed by atoms with E-state index in [4.69, 9.17) is 0 Å². The van der Waals surface area contributed by atoms with Gasteiger partial charge < -0.3 is 9.79 Å². The molecule has 0 aromatic carbocycles. The van der Waals surface area contributed by atoms with Crippen molar-refractivity contribution in [3.8, 4) is 0 Å². The molecule has 0 aromatic rings. The van der Waals surface area contributed by atoms with Gasteiger partial charge in [-0.3, -0.25) is 4.57 Å². The molecule has 1 N–H and O–H groups in total. The minimum absolute atomic E-state index is 0.423. The van der Waals surface area contributed by atoms with Crippen molar-refractivity contribution in [3.05, 3.63) is 0 Å². The Balaban J connectivity index is 2.44. The van der Waals surface area contributed by atoms with E-state index >= 15 is 0 Å². The minimum Gasteiger partial charge on any atom is -0.344 e. The maximum Gasteiger partial charge on any atom is 0.197 e. The second-order valence-electron chi connectivity index (χ2n) is 4.83. The summed E-state index contributed by atoms with van der Waals surface area (Å²) in [6.45, 7) is 7.99. The van der Waals surface area contributed by atoms with Gasteiger partial charge in [0.05, 0.1) is 0 Å². The number of piperidine rings is 1. The molecule has 0 aromatic heterocycles. The molecule has 84 valence electrons. The summed E-state index contributed by atoms with van der Waals surface area (Å²) in [7, 11) is -2.82. The molecular formula is C10H22NO2P. The zero-order valence-corrected chi connectivity index (χ0v) is 10.3. The molecular weight excluding hydrogens is 197 g/mol. The molecule has 4 heteroatoms. The molecule has 1 rings (SSSR count). The van der Waals surface area contributed by atoms with Crippen LogP contribution < -0.4 is 0 Å².